The number of aromatic nitrogens is 5. The van der Waals surface area contributed by atoms with Crippen LogP contribution in [0.25, 0.3) is 16.9 Å². The van der Waals surface area contributed by atoms with E-state index >= 15 is 0 Å². The number of carbonyl (C=O) groups excluding carboxylic acids is 1. The molecule has 0 atom stereocenters. The second kappa shape index (κ2) is 6.79. The quantitative estimate of drug-likeness (QED) is 0.600. The topological polar surface area (TPSA) is 77.1 Å². The van der Waals surface area contributed by atoms with Crippen LogP contribution in [0.2, 0.25) is 0 Å². The number of benzene rings is 1. The highest BCUT2D eigenvalue weighted by molar-refractivity contribution is 5.99. The molecule has 3 heterocycles. The molecule has 7 heteroatoms. The zero-order valence-corrected chi connectivity index (χ0v) is 14.3. The van der Waals surface area contributed by atoms with Crippen LogP contribution in [0.3, 0.4) is 0 Å². The van der Waals surface area contributed by atoms with E-state index in [1.807, 2.05) is 54.3 Å². The molecule has 3 aromatic heterocycles. The lowest BCUT2D eigenvalue weighted by Gasteiger charge is -2.06. The fourth-order valence-electron chi connectivity index (χ4n) is 2.90. The summed E-state index contributed by atoms with van der Waals surface area (Å²) in [7, 11) is 1.97. The van der Waals surface area contributed by atoms with Gasteiger partial charge in [-0.2, -0.15) is 0 Å². The molecule has 0 bridgehead atoms. The lowest BCUT2D eigenvalue weighted by molar-refractivity contribution is 0.0955. The number of fused-ring (bicyclic) bond motifs is 1. The number of imidazole rings is 1. The third-order valence-electron chi connectivity index (χ3n) is 4.24. The number of aryl methyl sites for hydroxylation is 1. The maximum atomic E-state index is 12.4. The Bertz CT molecular complexity index is 1050. The molecule has 0 aliphatic heterocycles. The Morgan fingerprint density at radius 2 is 2.00 bits per heavy atom. The van der Waals surface area contributed by atoms with Gasteiger partial charge >= 0.3 is 0 Å². The molecule has 0 fully saturated rings. The van der Waals surface area contributed by atoms with Gasteiger partial charge in [0.15, 0.2) is 5.65 Å². The summed E-state index contributed by atoms with van der Waals surface area (Å²) in [5, 5.41) is 10.8. The summed E-state index contributed by atoms with van der Waals surface area (Å²) in [6, 6.07) is 13.6. The van der Waals surface area contributed by atoms with Crippen LogP contribution in [0, 0.1) is 0 Å². The van der Waals surface area contributed by atoms with E-state index in [4.69, 9.17) is 0 Å². The Hall–Kier alpha value is -3.48. The van der Waals surface area contributed by atoms with Crippen LogP contribution in [0.4, 0.5) is 0 Å². The Labute approximate surface area is 150 Å². The average molecular weight is 346 g/mol. The first kappa shape index (κ1) is 16.0. The van der Waals surface area contributed by atoms with Crippen molar-refractivity contribution in [3.63, 3.8) is 0 Å². The SMILES string of the molecule is Cn1cc(-c2ccccc2)nc1CCNC(=O)c1cccn2cnnc12. The van der Waals surface area contributed by atoms with Gasteiger partial charge in [-0.05, 0) is 12.1 Å². The van der Waals surface area contributed by atoms with Gasteiger partial charge in [-0.1, -0.05) is 30.3 Å². The summed E-state index contributed by atoms with van der Waals surface area (Å²) in [4.78, 5) is 17.1. The fraction of sp³-hybridized carbons (Fsp3) is 0.158. The molecule has 4 aromatic rings. The lowest BCUT2D eigenvalue weighted by atomic mass is 10.2. The van der Waals surface area contributed by atoms with Gasteiger partial charge in [-0.3, -0.25) is 9.20 Å². The fourth-order valence-corrected chi connectivity index (χ4v) is 2.90. The van der Waals surface area contributed by atoms with Crippen molar-refractivity contribution >= 4 is 11.6 Å². The molecule has 26 heavy (non-hydrogen) atoms. The van der Waals surface area contributed by atoms with E-state index in [1.165, 1.54) is 0 Å². The Morgan fingerprint density at radius 3 is 2.85 bits per heavy atom. The number of nitrogens with zero attached hydrogens (tertiary/aromatic N) is 5. The smallest absolute Gasteiger partial charge is 0.255 e. The third-order valence-corrected chi connectivity index (χ3v) is 4.24. The van der Waals surface area contributed by atoms with Crippen molar-refractivity contribution in [1.82, 2.24) is 29.5 Å². The summed E-state index contributed by atoms with van der Waals surface area (Å²) in [6.07, 6.45) is 6.03. The van der Waals surface area contributed by atoms with E-state index in [0.29, 0.717) is 24.2 Å². The van der Waals surface area contributed by atoms with E-state index in [2.05, 4.69) is 20.5 Å². The van der Waals surface area contributed by atoms with Crippen molar-refractivity contribution in [3.8, 4) is 11.3 Å². The average Bonchev–Trinajstić information content (AvgIpc) is 3.29. The van der Waals surface area contributed by atoms with Crippen molar-refractivity contribution in [1.29, 1.82) is 0 Å². The predicted octanol–water partition coefficient (Wildman–Crippen LogP) is 2.10. The molecule has 0 saturated heterocycles. The van der Waals surface area contributed by atoms with Crippen LogP contribution in [0.1, 0.15) is 16.2 Å². The molecule has 0 aliphatic carbocycles. The monoisotopic (exact) mass is 346 g/mol. The molecule has 1 amide bonds. The minimum atomic E-state index is -0.166. The van der Waals surface area contributed by atoms with E-state index < -0.39 is 0 Å². The first-order chi connectivity index (χ1) is 12.7. The summed E-state index contributed by atoms with van der Waals surface area (Å²) in [5.74, 6) is 0.755. The van der Waals surface area contributed by atoms with Crippen LogP contribution in [0.15, 0.2) is 61.2 Å². The van der Waals surface area contributed by atoms with Crippen LogP contribution in [0.5, 0.6) is 0 Å². The summed E-state index contributed by atoms with van der Waals surface area (Å²) in [6.45, 7) is 0.493. The number of hydrogen-bond donors (Lipinski definition) is 1. The van der Waals surface area contributed by atoms with Crippen LogP contribution in [-0.2, 0) is 13.5 Å². The highest BCUT2D eigenvalue weighted by Crippen LogP contribution is 2.17. The normalized spacial score (nSPS) is 11.0. The maximum Gasteiger partial charge on any atom is 0.255 e. The maximum absolute atomic E-state index is 12.4. The first-order valence-corrected chi connectivity index (χ1v) is 8.36. The molecule has 4 rings (SSSR count). The summed E-state index contributed by atoms with van der Waals surface area (Å²) < 4.78 is 3.72. The second-order valence-electron chi connectivity index (χ2n) is 6.01. The number of hydrogen-bond acceptors (Lipinski definition) is 4. The number of nitrogens with one attached hydrogen (secondary N) is 1. The number of amides is 1. The Morgan fingerprint density at radius 1 is 1.15 bits per heavy atom. The van der Waals surface area contributed by atoms with Crippen molar-refractivity contribution < 1.29 is 4.79 Å². The molecule has 0 unspecified atom stereocenters. The molecule has 7 nitrogen and oxygen atoms in total. The van der Waals surface area contributed by atoms with Crippen molar-refractivity contribution in [2.75, 3.05) is 6.54 Å². The van der Waals surface area contributed by atoms with Crippen molar-refractivity contribution in [2.24, 2.45) is 7.05 Å². The largest absolute Gasteiger partial charge is 0.351 e. The molecule has 0 saturated carbocycles. The Kier molecular flexibility index (Phi) is 4.18. The van der Waals surface area contributed by atoms with Crippen LogP contribution in [-0.4, -0.2) is 36.6 Å². The van der Waals surface area contributed by atoms with Crippen molar-refractivity contribution in [3.05, 3.63) is 72.6 Å². The van der Waals surface area contributed by atoms with Gasteiger partial charge in [0, 0.05) is 38.0 Å². The molecule has 1 aromatic carbocycles. The molecule has 130 valence electrons. The van der Waals surface area contributed by atoms with Gasteiger partial charge in [0.1, 0.15) is 12.2 Å². The van der Waals surface area contributed by atoms with Gasteiger partial charge in [-0.15, -0.1) is 10.2 Å². The van der Waals surface area contributed by atoms with Gasteiger partial charge in [-0.25, -0.2) is 4.98 Å². The van der Waals surface area contributed by atoms with Crippen molar-refractivity contribution in [2.45, 2.75) is 6.42 Å². The molecule has 0 radical (unpaired) electrons. The lowest BCUT2D eigenvalue weighted by Crippen LogP contribution is -2.26. The number of carbonyl (C=O) groups is 1. The van der Waals surface area contributed by atoms with E-state index in [1.54, 1.807) is 22.9 Å². The van der Waals surface area contributed by atoms with Gasteiger partial charge in [0.05, 0.1) is 11.3 Å². The minimum absolute atomic E-state index is 0.166. The second-order valence-corrected chi connectivity index (χ2v) is 6.01. The van der Waals surface area contributed by atoms with E-state index in [-0.39, 0.29) is 5.91 Å². The molecular weight excluding hydrogens is 328 g/mol. The van der Waals surface area contributed by atoms with Gasteiger partial charge < -0.3 is 9.88 Å². The summed E-state index contributed by atoms with van der Waals surface area (Å²) >= 11 is 0. The molecular formula is C19H18N6O. The van der Waals surface area contributed by atoms with Crippen LogP contribution < -0.4 is 5.32 Å². The molecule has 0 aliphatic rings. The number of rotatable bonds is 5. The Balaban J connectivity index is 1.43. The number of pyridine rings is 1. The molecule has 0 spiro atoms. The van der Waals surface area contributed by atoms with Gasteiger partial charge in [0.25, 0.3) is 5.91 Å². The van der Waals surface area contributed by atoms with E-state index in [0.717, 1.165) is 17.1 Å². The highest BCUT2D eigenvalue weighted by Gasteiger charge is 2.12. The highest BCUT2D eigenvalue weighted by atomic mass is 16.1. The standard InChI is InChI=1S/C19H18N6O/c1-24-12-16(14-6-3-2-4-7-14)22-17(24)9-10-20-19(26)15-8-5-11-25-13-21-23-18(15)25/h2-8,11-13H,9-10H2,1H3,(H,20,26). The van der Waals surface area contributed by atoms with Crippen LogP contribution >= 0.6 is 0 Å². The minimum Gasteiger partial charge on any atom is -0.351 e. The third kappa shape index (κ3) is 3.06. The zero-order chi connectivity index (χ0) is 17.9. The zero-order valence-electron chi connectivity index (χ0n) is 14.3. The summed E-state index contributed by atoms with van der Waals surface area (Å²) in [5.41, 5.74) is 3.07. The molecule has 1 N–H and O–H groups in total. The van der Waals surface area contributed by atoms with E-state index in [9.17, 15) is 4.79 Å². The van der Waals surface area contributed by atoms with Gasteiger partial charge in [0.2, 0.25) is 0 Å². The first-order valence-electron chi connectivity index (χ1n) is 8.36. The predicted molar refractivity (Wildman–Crippen MR) is 97.7 cm³/mol.